The first-order chi connectivity index (χ1) is 6.84. The van der Waals surface area contributed by atoms with E-state index in [1.807, 2.05) is 6.92 Å². The monoisotopic (exact) mass is 212 g/mol. The molecule has 78 valence electrons. The van der Waals surface area contributed by atoms with Gasteiger partial charge < -0.3 is 10.6 Å². The molecule has 0 spiro atoms. The highest BCUT2D eigenvalue weighted by Gasteiger charge is 2.12. The molecule has 1 aliphatic rings. The second-order valence-corrected chi connectivity index (χ2v) is 4.42. The van der Waals surface area contributed by atoms with Crippen molar-refractivity contribution in [2.75, 3.05) is 18.4 Å². The quantitative estimate of drug-likeness (QED) is 0.778. The first kappa shape index (κ1) is 9.86. The highest BCUT2D eigenvalue weighted by molar-refractivity contribution is 7.09. The molecule has 1 aromatic heterocycles. The van der Waals surface area contributed by atoms with Gasteiger partial charge >= 0.3 is 0 Å². The van der Waals surface area contributed by atoms with Crippen LogP contribution in [0.5, 0.6) is 0 Å². The molecule has 0 aromatic carbocycles. The van der Waals surface area contributed by atoms with E-state index in [9.17, 15) is 0 Å². The Kier molecular flexibility index (Phi) is 3.31. The van der Waals surface area contributed by atoms with E-state index in [0.29, 0.717) is 6.04 Å². The SMILES string of the molecule is Cc1nsc(NC2CCCNCC2)n1. The summed E-state index contributed by atoms with van der Waals surface area (Å²) in [5, 5.41) is 7.81. The Morgan fingerprint density at radius 1 is 1.43 bits per heavy atom. The minimum absolute atomic E-state index is 0.567. The zero-order valence-electron chi connectivity index (χ0n) is 8.42. The summed E-state index contributed by atoms with van der Waals surface area (Å²) in [6.07, 6.45) is 3.65. The molecule has 14 heavy (non-hydrogen) atoms. The number of hydrogen-bond acceptors (Lipinski definition) is 5. The molecule has 1 fully saturated rings. The van der Waals surface area contributed by atoms with Crippen LogP contribution in [-0.2, 0) is 0 Å². The van der Waals surface area contributed by atoms with E-state index in [0.717, 1.165) is 24.0 Å². The summed E-state index contributed by atoms with van der Waals surface area (Å²) in [7, 11) is 0. The van der Waals surface area contributed by atoms with Gasteiger partial charge in [0, 0.05) is 17.6 Å². The molecule has 2 rings (SSSR count). The lowest BCUT2D eigenvalue weighted by Gasteiger charge is -2.13. The van der Waals surface area contributed by atoms with Crippen LogP contribution >= 0.6 is 11.5 Å². The number of anilines is 1. The lowest BCUT2D eigenvalue weighted by molar-refractivity contribution is 0.637. The van der Waals surface area contributed by atoms with Gasteiger partial charge in [-0.05, 0) is 39.3 Å². The fourth-order valence-electron chi connectivity index (χ4n) is 1.69. The lowest BCUT2D eigenvalue weighted by atomic mass is 10.1. The van der Waals surface area contributed by atoms with Gasteiger partial charge in [-0.3, -0.25) is 0 Å². The third-order valence-corrected chi connectivity index (χ3v) is 3.17. The first-order valence-corrected chi connectivity index (χ1v) is 5.89. The third kappa shape index (κ3) is 2.65. The predicted octanol–water partition coefficient (Wildman–Crippen LogP) is 1.40. The van der Waals surface area contributed by atoms with Crippen molar-refractivity contribution < 1.29 is 0 Å². The maximum atomic E-state index is 4.31. The molecule has 1 aromatic rings. The Labute approximate surface area is 88.3 Å². The van der Waals surface area contributed by atoms with Crippen molar-refractivity contribution in [2.45, 2.75) is 32.2 Å². The van der Waals surface area contributed by atoms with E-state index in [2.05, 4.69) is 20.0 Å². The molecule has 0 aliphatic carbocycles. The smallest absolute Gasteiger partial charge is 0.202 e. The maximum absolute atomic E-state index is 4.31. The van der Waals surface area contributed by atoms with Gasteiger partial charge in [0.1, 0.15) is 5.82 Å². The molecule has 0 radical (unpaired) electrons. The van der Waals surface area contributed by atoms with E-state index in [1.165, 1.54) is 30.8 Å². The molecule has 0 amide bonds. The standard InChI is InChI=1S/C9H16N4S/c1-7-11-9(14-13-7)12-8-3-2-5-10-6-4-8/h8,10H,2-6H2,1H3,(H,11,12,13). The predicted molar refractivity (Wildman–Crippen MR) is 58.8 cm³/mol. The molecule has 4 nitrogen and oxygen atoms in total. The van der Waals surface area contributed by atoms with Crippen molar-refractivity contribution in [3.63, 3.8) is 0 Å². The summed E-state index contributed by atoms with van der Waals surface area (Å²) in [4.78, 5) is 4.31. The highest BCUT2D eigenvalue weighted by Crippen LogP contribution is 2.15. The van der Waals surface area contributed by atoms with Crippen molar-refractivity contribution in [3.8, 4) is 0 Å². The Balaban J connectivity index is 1.89. The van der Waals surface area contributed by atoms with E-state index in [4.69, 9.17) is 0 Å². The van der Waals surface area contributed by atoms with Gasteiger partial charge in [0.05, 0.1) is 0 Å². The third-order valence-electron chi connectivity index (χ3n) is 2.43. The average Bonchev–Trinajstić information content (AvgIpc) is 2.43. The number of rotatable bonds is 2. The van der Waals surface area contributed by atoms with Crippen LogP contribution in [0.25, 0.3) is 0 Å². The van der Waals surface area contributed by atoms with Crippen LogP contribution < -0.4 is 10.6 Å². The Bertz CT molecular complexity index is 278. The molecule has 1 unspecified atom stereocenters. The van der Waals surface area contributed by atoms with Crippen LogP contribution in [0.2, 0.25) is 0 Å². The van der Waals surface area contributed by atoms with Crippen molar-refractivity contribution in [3.05, 3.63) is 5.82 Å². The van der Waals surface area contributed by atoms with Gasteiger partial charge in [-0.2, -0.15) is 4.37 Å². The van der Waals surface area contributed by atoms with E-state index in [1.54, 1.807) is 0 Å². The van der Waals surface area contributed by atoms with Crippen LogP contribution in [0, 0.1) is 6.92 Å². The Hall–Kier alpha value is -0.680. The minimum Gasteiger partial charge on any atom is -0.358 e. The van der Waals surface area contributed by atoms with Crippen molar-refractivity contribution in [1.82, 2.24) is 14.7 Å². The van der Waals surface area contributed by atoms with E-state index in [-0.39, 0.29) is 0 Å². The lowest BCUT2D eigenvalue weighted by Crippen LogP contribution is -2.21. The molecule has 0 bridgehead atoms. The van der Waals surface area contributed by atoms with Gasteiger partial charge in [0.2, 0.25) is 5.13 Å². The molecule has 2 N–H and O–H groups in total. The Morgan fingerprint density at radius 2 is 2.36 bits per heavy atom. The second kappa shape index (κ2) is 4.70. The zero-order valence-corrected chi connectivity index (χ0v) is 9.23. The number of aryl methyl sites for hydroxylation is 1. The van der Waals surface area contributed by atoms with Gasteiger partial charge in [-0.1, -0.05) is 0 Å². The zero-order chi connectivity index (χ0) is 9.80. The van der Waals surface area contributed by atoms with E-state index >= 15 is 0 Å². The highest BCUT2D eigenvalue weighted by atomic mass is 32.1. The summed E-state index contributed by atoms with van der Waals surface area (Å²) in [6.45, 7) is 4.18. The molecule has 1 aliphatic heterocycles. The number of hydrogen-bond donors (Lipinski definition) is 2. The number of aromatic nitrogens is 2. The summed E-state index contributed by atoms with van der Waals surface area (Å²) in [6, 6.07) is 0.567. The fraction of sp³-hybridized carbons (Fsp3) is 0.778. The molecule has 0 saturated carbocycles. The van der Waals surface area contributed by atoms with Crippen LogP contribution in [0.4, 0.5) is 5.13 Å². The van der Waals surface area contributed by atoms with Crippen LogP contribution in [-0.4, -0.2) is 28.5 Å². The second-order valence-electron chi connectivity index (χ2n) is 3.67. The van der Waals surface area contributed by atoms with Crippen LogP contribution in [0.15, 0.2) is 0 Å². The molecule has 1 atom stereocenters. The maximum Gasteiger partial charge on any atom is 0.202 e. The molecule has 5 heteroatoms. The molecule has 2 heterocycles. The van der Waals surface area contributed by atoms with Crippen LogP contribution in [0.1, 0.15) is 25.1 Å². The molecular weight excluding hydrogens is 196 g/mol. The topological polar surface area (TPSA) is 49.8 Å². The summed E-state index contributed by atoms with van der Waals surface area (Å²) in [5.41, 5.74) is 0. The summed E-state index contributed by atoms with van der Waals surface area (Å²) in [5.74, 6) is 0.865. The molecular formula is C9H16N4S. The van der Waals surface area contributed by atoms with Crippen molar-refractivity contribution in [2.24, 2.45) is 0 Å². The normalized spacial score (nSPS) is 23.1. The largest absolute Gasteiger partial charge is 0.358 e. The summed E-state index contributed by atoms with van der Waals surface area (Å²) >= 11 is 1.46. The molecule has 1 saturated heterocycles. The minimum atomic E-state index is 0.567. The van der Waals surface area contributed by atoms with Gasteiger partial charge in [0.15, 0.2) is 0 Å². The summed E-state index contributed by atoms with van der Waals surface area (Å²) < 4.78 is 4.16. The number of nitrogens with zero attached hydrogens (tertiary/aromatic N) is 2. The van der Waals surface area contributed by atoms with Crippen molar-refractivity contribution in [1.29, 1.82) is 0 Å². The fourth-order valence-corrected chi connectivity index (χ4v) is 2.35. The number of nitrogens with one attached hydrogen (secondary N) is 2. The average molecular weight is 212 g/mol. The van der Waals surface area contributed by atoms with Crippen molar-refractivity contribution >= 4 is 16.7 Å². The van der Waals surface area contributed by atoms with E-state index < -0.39 is 0 Å². The van der Waals surface area contributed by atoms with Crippen LogP contribution in [0.3, 0.4) is 0 Å². The van der Waals surface area contributed by atoms with Gasteiger partial charge in [-0.25, -0.2) is 4.98 Å². The first-order valence-electron chi connectivity index (χ1n) is 5.12. The van der Waals surface area contributed by atoms with Gasteiger partial charge in [0.25, 0.3) is 0 Å². The Morgan fingerprint density at radius 3 is 3.14 bits per heavy atom. The van der Waals surface area contributed by atoms with Gasteiger partial charge in [-0.15, -0.1) is 0 Å².